The van der Waals surface area contributed by atoms with Crippen LogP contribution >= 0.6 is 0 Å². The molecule has 0 spiro atoms. The van der Waals surface area contributed by atoms with Gasteiger partial charge in [-0.3, -0.25) is 9.59 Å². The predicted molar refractivity (Wildman–Crippen MR) is 106 cm³/mol. The van der Waals surface area contributed by atoms with Crippen LogP contribution in [0.4, 0.5) is 0 Å². The van der Waals surface area contributed by atoms with Crippen molar-refractivity contribution in [1.82, 2.24) is 10.6 Å². The normalized spacial score (nSPS) is 18.6. The van der Waals surface area contributed by atoms with Crippen LogP contribution in [0.3, 0.4) is 0 Å². The minimum absolute atomic E-state index is 0.00203. The van der Waals surface area contributed by atoms with E-state index in [-0.39, 0.29) is 34.9 Å². The molecule has 1 aliphatic rings. The van der Waals surface area contributed by atoms with E-state index in [0.29, 0.717) is 12.0 Å². The molecule has 2 atom stereocenters. The van der Waals surface area contributed by atoms with Gasteiger partial charge in [0.1, 0.15) is 0 Å². The summed E-state index contributed by atoms with van der Waals surface area (Å²) in [5.74, 6) is -0.451. The summed E-state index contributed by atoms with van der Waals surface area (Å²) in [6.45, 7) is 3.39. The third-order valence-electron chi connectivity index (χ3n) is 4.89. The second-order valence-corrected chi connectivity index (χ2v) is 9.21. The third-order valence-corrected chi connectivity index (χ3v) is 6.70. The summed E-state index contributed by atoms with van der Waals surface area (Å²) in [5, 5.41) is 5.76. The van der Waals surface area contributed by atoms with Gasteiger partial charge in [-0.05, 0) is 30.5 Å². The van der Waals surface area contributed by atoms with Gasteiger partial charge in [0.05, 0.1) is 29.2 Å². The van der Waals surface area contributed by atoms with Crippen LogP contribution in [0.2, 0.25) is 0 Å². The van der Waals surface area contributed by atoms with E-state index < -0.39 is 15.9 Å². The first-order chi connectivity index (χ1) is 13.3. The Morgan fingerprint density at radius 1 is 1.11 bits per heavy atom. The average Bonchev–Trinajstić information content (AvgIpc) is 2.64. The van der Waals surface area contributed by atoms with Crippen LogP contribution in [0.1, 0.15) is 48.5 Å². The van der Waals surface area contributed by atoms with Gasteiger partial charge in [0.2, 0.25) is 11.8 Å². The first kappa shape index (κ1) is 20.1. The lowest BCUT2D eigenvalue weighted by Gasteiger charge is -2.27. The number of benzene rings is 2. The molecule has 28 heavy (non-hydrogen) atoms. The average molecular weight is 401 g/mol. The van der Waals surface area contributed by atoms with Crippen LogP contribution in [0.15, 0.2) is 53.4 Å². The predicted octanol–water partition coefficient (Wildman–Crippen LogP) is 2.60. The summed E-state index contributed by atoms with van der Waals surface area (Å²) in [7, 11) is -3.31. The van der Waals surface area contributed by atoms with E-state index in [1.54, 1.807) is 24.3 Å². The quantitative estimate of drug-likeness (QED) is 0.807. The van der Waals surface area contributed by atoms with Crippen LogP contribution in [-0.2, 0) is 19.4 Å². The fourth-order valence-corrected chi connectivity index (χ4v) is 5.10. The fraction of sp³-hybridized carbons (Fsp3) is 0.333. The maximum absolute atomic E-state index is 12.7. The highest BCUT2D eigenvalue weighted by Crippen LogP contribution is 2.32. The van der Waals surface area contributed by atoms with Crippen molar-refractivity contribution >= 4 is 21.7 Å². The molecular formula is C21H24N2O4S. The Balaban J connectivity index is 1.76. The fourth-order valence-electron chi connectivity index (χ4n) is 3.48. The Bertz CT molecular complexity index is 984. The first-order valence-corrected chi connectivity index (χ1v) is 10.9. The molecule has 6 nitrogen and oxygen atoms in total. The largest absolute Gasteiger partial charge is 0.349 e. The van der Waals surface area contributed by atoms with Gasteiger partial charge in [0, 0.05) is 6.92 Å². The van der Waals surface area contributed by atoms with Gasteiger partial charge in [0.15, 0.2) is 9.84 Å². The summed E-state index contributed by atoms with van der Waals surface area (Å²) in [4.78, 5) is 24.6. The van der Waals surface area contributed by atoms with Gasteiger partial charge >= 0.3 is 0 Å². The molecule has 1 aliphatic heterocycles. The number of carbonyl (C=O) groups excluding carboxylic acids is 2. The summed E-state index contributed by atoms with van der Waals surface area (Å²) in [6.07, 6.45) is 0.411. The van der Waals surface area contributed by atoms with Crippen molar-refractivity contribution in [2.75, 3.05) is 5.75 Å². The van der Waals surface area contributed by atoms with Crippen molar-refractivity contribution in [3.63, 3.8) is 0 Å². The molecule has 148 valence electrons. The molecule has 0 unspecified atom stereocenters. The first-order valence-electron chi connectivity index (χ1n) is 9.21. The van der Waals surface area contributed by atoms with Crippen LogP contribution in [0.25, 0.3) is 0 Å². The second-order valence-electron chi connectivity index (χ2n) is 7.13. The van der Waals surface area contributed by atoms with Crippen LogP contribution < -0.4 is 10.6 Å². The number of amides is 2. The third kappa shape index (κ3) is 4.59. The lowest BCUT2D eigenvalue weighted by Crippen LogP contribution is -2.37. The SMILES string of the molecule is CC(=O)N[C@H](CC(=O)N[C@@H]1CCS(=O)(=O)c2ccccc21)c1ccc(C)cc1. The van der Waals surface area contributed by atoms with Gasteiger partial charge < -0.3 is 10.6 Å². The number of nitrogens with one attached hydrogen (secondary N) is 2. The monoisotopic (exact) mass is 400 g/mol. The van der Waals surface area contributed by atoms with Crippen LogP contribution in [0, 0.1) is 6.92 Å². The van der Waals surface area contributed by atoms with Gasteiger partial charge in [-0.15, -0.1) is 0 Å². The molecule has 2 amide bonds. The van der Waals surface area contributed by atoms with Crippen molar-refractivity contribution in [1.29, 1.82) is 0 Å². The molecule has 0 aromatic heterocycles. The minimum atomic E-state index is -3.31. The number of sulfone groups is 1. The van der Waals surface area contributed by atoms with E-state index >= 15 is 0 Å². The zero-order valence-electron chi connectivity index (χ0n) is 15.9. The Morgan fingerprint density at radius 3 is 2.46 bits per heavy atom. The molecule has 0 fully saturated rings. The van der Waals surface area contributed by atoms with Crippen molar-refractivity contribution in [2.45, 2.75) is 43.7 Å². The lowest BCUT2D eigenvalue weighted by molar-refractivity contribution is -0.123. The molecule has 0 bridgehead atoms. The van der Waals surface area contributed by atoms with Gasteiger partial charge in [-0.25, -0.2) is 8.42 Å². The summed E-state index contributed by atoms with van der Waals surface area (Å²) in [6, 6.07) is 13.6. The molecule has 0 saturated heterocycles. The van der Waals surface area contributed by atoms with Crippen molar-refractivity contribution in [3.8, 4) is 0 Å². The van der Waals surface area contributed by atoms with E-state index in [0.717, 1.165) is 11.1 Å². The maximum atomic E-state index is 12.7. The van der Waals surface area contributed by atoms with E-state index in [4.69, 9.17) is 0 Å². The number of aryl methyl sites for hydroxylation is 1. The lowest BCUT2D eigenvalue weighted by atomic mass is 10.00. The zero-order valence-corrected chi connectivity index (χ0v) is 16.8. The van der Waals surface area contributed by atoms with E-state index in [1.807, 2.05) is 31.2 Å². The number of hydrogen-bond donors (Lipinski definition) is 2. The van der Waals surface area contributed by atoms with E-state index in [1.165, 1.54) is 6.92 Å². The highest BCUT2D eigenvalue weighted by molar-refractivity contribution is 7.91. The molecule has 2 aromatic rings. The molecule has 0 aliphatic carbocycles. The summed E-state index contributed by atoms with van der Waals surface area (Å²) >= 11 is 0. The van der Waals surface area contributed by atoms with Crippen molar-refractivity contribution in [3.05, 3.63) is 65.2 Å². The van der Waals surface area contributed by atoms with Gasteiger partial charge in [0.25, 0.3) is 0 Å². The molecule has 1 heterocycles. The Labute approximate surface area is 165 Å². The molecule has 0 saturated carbocycles. The Kier molecular flexibility index (Phi) is 5.84. The molecular weight excluding hydrogens is 376 g/mol. The highest BCUT2D eigenvalue weighted by atomic mass is 32.2. The minimum Gasteiger partial charge on any atom is -0.349 e. The number of hydrogen-bond acceptors (Lipinski definition) is 4. The molecule has 3 rings (SSSR count). The zero-order chi connectivity index (χ0) is 20.3. The van der Waals surface area contributed by atoms with Crippen molar-refractivity contribution < 1.29 is 18.0 Å². The Morgan fingerprint density at radius 2 is 1.79 bits per heavy atom. The maximum Gasteiger partial charge on any atom is 0.222 e. The van der Waals surface area contributed by atoms with Crippen molar-refractivity contribution in [2.24, 2.45) is 0 Å². The molecule has 0 radical (unpaired) electrons. The van der Waals surface area contributed by atoms with E-state index in [2.05, 4.69) is 10.6 Å². The number of fused-ring (bicyclic) bond motifs is 1. The highest BCUT2D eigenvalue weighted by Gasteiger charge is 2.31. The Hall–Kier alpha value is -2.67. The molecule has 2 N–H and O–H groups in total. The topological polar surface area (TPSA) is 92.3 Å². The standard InChI is InChI=1S/C21H24N2O4S/c1-14-7-9-16(10-8-14)19(22-15(2)24)13-21(25)23-18-11-12-28(26,27)20-6-4-3-5-17(18)20/h3-10,18-19H,11-13H2,1-2H3,(H,22,24)(H,23,25)/t18-,19-/m1/s1. The summed E-state index contributed by atoms with van der Waals surface area (Å²) in [5.41, 5.74) is 2.56. The summed E-state index contributed by atoms with van der Waals surface area (Å²) < 4.78 is 24.5. The van der Waals surface area contributed by atoms with Gasteiger partial charge in [-0.1, -0.05) is 48.0 Å². The molecule has 7 heteroatoms. The van der Waals surface area contributed by atoms with Gasteiger partial charge in [-0.2, -0.15) is 0 Å². The second kappa shape index (κ2) is 8.14. The van der Waals surface area contributed by atoms with Crippen LogP contribution in [-0.4, -0.2) is 26.0 Å². The smallest absolute Gasteiger partial charge is 0.222 e. The van der Waals surface area contributed by atoms with E-state index in [9.17, 15) is 18.0 Å². The number of rotatable bonds is 5. The molecule has 2 aromatic carbocycles. The van der Waals surface area contributed by atoms with Crippen LogP contribution in [0.5, 0.6) is 0 Å². The number of carbonyl (C=O) groups is 2.